The molecule has 4 aromatic rings. The lowest BCUT2D eigenvalue weighted by molar-refractivity contribution is 1.19. The molecule has 0 unspecified atom stereocenters. The molecule has 0 saturated carbocycles. The Labute approximate surface area is 147 Å². The van der Waals surface area contributed by atoms with Crippen LogP contribution in [0.25, 0.3) is 21.5 Å². The number of hydrogen-bond donors (Lipinski definition) is 0. The van der Waals surface area contributed by atoms with E-state index < -0.39 is 0 Å². The summed E-state index contributed by atoms with van der Waals surface area (Å²) in [7, 11) is 0. The lowest BCUT2D eigenvalue weighted by Crippen LogP contribution is -1.99. The minimum atomic E-state index is 0.354. The Hall–Kier alpha value is -2.25. The van der Waals surface area contributed by atoms with E-state index in [1.165, 1.54) is 32.7 Å². The van der Waals surface area contributed by atoms with Crippen LogP contribution in [-0.2, 0) is 0 Å². The molecule has 0 heterocycles. The van der Waals surface area contributed by atoms with Gasteiger partial charge in [-0.3, -0.25) is 0 Å². The number of rotatable bonds is 4. The van der Waals surface area contributed by atoms with Crippen molar-refractivity contribution in [1.29, 1.82) is 0 Å². The minimum Gasteiger partial charge on any atom is -0.149 e. The Morgan fingerprint density at radius 1 is 0.625 bits per heavy atom. The molecule has 0 radical (unpaired) electrons. The highest BCUT2D eigenvalue weighted by Crippen LogP contribution is 2.41. The molecule has 0 N–H and O–H groups in total. The summed E-state index contributed by atoms with van der Waals surface area (Å²) in [5, 5.41) is 5.71. The van der Waals surface area contributed by atoms with E-state index in [4.69, 9.17) is 0 Å². The maximum atomic E-state index is 2.29. The van der Waals surface area contributed by atoms with Gasteiger partial charge >= 0.3 is 0 Å². The summed E-state index contributed by atoms with van der Waals surface area (Å²) in [5.41, 5.74) is 2.83. The van der Waals surface area contributed by atoms with E-state index >= 15 is 0 Å². The summed E-state index contributed by atoms with van der Waals surface area (Å²) in [6, 6.07) is 30.8. The van der Waals surface area contributed by atoms with Crippen molar-refractivity contribution in [2.75, 3.05) is 5.75 Å². The predicted molar refractivity (Wildman–Crippen MR) is 108 cm³/mol. The predicted octanol–water partition coefficient (Wildman–Crippen LogP) is 6.84. The van der Waals surface area contributed by atoms with Crippen LogP contribution in [0.4, 0.5) is 0 Å². The van der Waals surface area contributed by atoms with Crippen molar-refractivity contribution in [3.63, 3.8) is 0 Å². The summed E-state index contributed by atoms with van der Waals surface area (Å²) in [6.45, 7) is 2.24. The normalized spacial score (nSPS) is 11.4. The van der Waals surface area contributed by atoms with E-state index in [9.17, 15) is 0 Å². The van der Waals surface area contributed by atoms with E-state index in [1.54, 1.807) is 0 Å². The van der Waals surface area contributed by atoms with Gasteiger partial charge in [0, 0.05) is 0 Å². The van der Waals surface area contributed by atoms with Gasteiger partial charge in [-0.25, -0.2) is 0 Å². The van der Waals surface area contributed by atoms with Gasteiger partial charge in [-0.1, -0.05) is 91.9 Å². The van der Waals surface area contributed by atoms with Crippen LogP contribution >= 0.6 is 11.8 Å². The molecule has 0 amide bonds. The second kappa shape index (κ2) is 6.70. The van der Waals surface area contributed by atoms with E-state index in [0.717, 1.165) is 5.75 Å². The molecule has 0 aliphatic heterocycles. The standard InChI is InChI=1S/C23H20S/c1-2-24-23(21-15-7-11-17-9-3-5-13-19(17)21)22-16-8-12-18-10-4-6-14-20(18)22/h3-16,23H,2H2,1H3. The quantitative estimate of drug-likeness (QED) is 0.395. The van der Waals surface area contributed by atoms with Crippen LogP contribution in [0.3, 0.4) is 0 Å². The number of fused-ring (bicyclic) bond motifs is 2. The van der Waals surface area contributed by atoms with Gasteiger partial charge < -0.3 is 0 Å². The van der Waals surface area contributed by atoms with Gasteiger partial charge in [-0.2, -0.15) is 0 Å². The van der Waals surface area contributed by atoms with E-state index in [2.05, 4.69) is 91.9 Å². The Bertz CT molecular complexity index is 897. The van der Waals surface area contributed by atoms with Crippen molar-refractivity contribution in [2.45, 2.75) is 12.2 Å². The fraction of sp³-hybridized carbons (Fsp3) is 0.130. The van der Waals surface area contributed by atoms with Crippen molar-refractivity contribution in [1.82, 2.24) is 0 Å². The first-order chi connectivity index (χ1) is 11.9. The zero-order chi connectivity index (χ0) is 16.4. The highest BCUT2D eigenvalue weighted by Gasteiger charge is 2.18. The molecule has 0 aliphatic carbocycles. The largest absolute Gasteiger partial charge is 0.149 e. The number of thioether (sulfide) groups is 1. The first kappa shape index (κ1) is 15.3. The molecule has 118 valence electrons. The fourth-order valence-corrected chi connectivity index (χ4v) is 4.58. The van der Waals surface area contributed by atoms with Crippen molar-refractivity contribution >= 4 is 33.3 Å². The monoisotopic (exact) mass is 328 g/mol. The molecule has 0 saturated heterocycles. The molecule has 0 aliphatic rings. The van der Waals surface area contributed by atoms with Gasteiger partial charge in [0.2, 0.25) is 0 Å². The number of benzene rings is 4. The lowest BCUT2D eigenvalue weighted by Gasteiger charge is -2.21. The maximum Gasteiger partial charge on any atom is 0.0558 e. The molecule has 0 spiro atoms. The van der Waals surface area contributed by atoms with Gasteiger partial charge in [0.05, 0.1) is 5.25 Å². The van der Waals surface area contributed by atoms with Crippen LogP contribution in [0.15, 0.2) is 84.9 Å². The first-order valence-corrected chi connectivity index (χ1v) is 9.50. The maximum absolute atomic E-state index is 2.29. The Morgan fingerprint density at radius 3 is 1.58 bits per heavy atom. The van der Waals surface area contributed by atoms with E-state index in [-0.39, 0.29) is 0 Å². The van der Waals surface area contributed by atoms with Crippen molar-refractivity contribution in [2.24, 2.45) is 0 Å². The van der Waals surface area contributed by atoms with Crippen LogP contribution in [-0.4, -0.2) is 5.75 Å². The summed E-state index contributed by atoms with van der Waals surface area (Å²) >= 11 is 2.01. The third-order valence-electron chi connectivity index (χ3n) is 4.54. The highest BCUT2D eigenvalue weighted by atomic mass is 32.2. The molecular weight excluding hydrogens is 308 g/mol. The average Bonchev–Trinajstić information content (AvgIpc) is 2.65. The molecule has 4 aromatic carbocycles. The van der Waals surface area contributed by atoms with Crippen LogP contribution in [0.1, 0.15) is 23.3 Å². The van der Waals surface area contributed by atoms with Gasteiger partial charge in [-0.05, 0) is 38.4 Å². The van der Waals surface area contributed by atoms with Crippen molar-refractivity contribution in [3.05, 3.63) is 96.1 Å². The molecule has 4 rings (SSSR count). The molecule has 0 atom stereocenters. The van der Waals surface area contributed by atoms with Gasteiger partial charge in [0.25, 0.3) is 0 Å². The van der Waals surface area contributed by atoms with E-state index in [0.29, 0.717) is 5.25 Å². The smallest absolute Gasteiger partial charge is 0.0558 e. The van der Waals surface area contributed by atoms with Gasteiger partial charge in [0.1, 0.15) is 0 Å². The average molecular weight is 328 g/mol. The molecule has 24 heavy (non-hydrogen) atoms. The first-order valence-electron chi connectivity index (χ1n) is 8.45. The Morgan fingerprint density at radius 2 is 1.08 bits per heavy atom. The molecule has 1 heteroatoms. The molecule has 0 aromatic heterocycles. The summed E-state index contributed by atoms with van der Waals surface area (Å²) in [5.74, 6) is 1.09. The SMILES string of the molecule is CCSC(c1cccc2ccccc12)c1cccc2ccccc12. The van der Waals surface area contributed by atoms with E-state index in [1.807, 2.05) is 11.8 Å². The van der Waals surface area contributed by atoms with Crippen molar-refractivity contribution < 1.29 is 0 Å². The Kier molecular flexibility index (Phi) is 4.27. The zero-order valence-electron chi connectivity index (χ0n) is 13.8. The van der Waals surface area contributed by atoms with Gasteiger partial charge in [-0.15, -0.1) is 11.8 Å². The van der Waals surface area contributed by atoms with Crippen LogP contribution < -0.4 is 0 Å². The fourth-order valence-electron chi connectivity index (χ4n) is 3.47. The third-order valence-corrected chi connectivity index (χ3v) is 5.72. The summed E-state index contributed by atoms with van der Waals surface area (Å²) < 4.78 is 0. The Balaban J connectivity index is 1.96. The molecule has 0 fully saturated rings. The molecule has 0 bridgehead atoms. The number of hydrogen-bond acceptors (Lipinski definition) is 1. The summed E-state index contributed by atoms with van der Waals surface area (Å²) in [6.07, 6.45) is 0. The van der Waals surface area contributed by atoms with Crippen molar-refractivity contribution in [3.8, 4) is 0 Å². The summed E-state index contributed by atoms with van der Waals surface area (Å²) in [4.78, 5) is 0. The van der Waals surface area contributed by atoms with Crippen LogP contribution in [0.5, 0.6) is 0 Å². The van der Waals surface area contributed by atoms with Gasteiger partial charge in [0.15, 0.2) is 0 Å². The molecular formula is C23H20S. The zero-order valence-corrected chi connectivity index (χ0v) is 14.6. The topological polar surface area (TPSA) is 0 Å². The third kappa shape index (κ3) is 2.70. The minimum absolute atomic E-state index is 0.354. The second-order valence-corrected chi connectivity index (χ2v) is 7.35. The second-order valence-electron chi connectivity index (χ2n) is 5.97. The van der Waals surface area contributed by atoms with Crippen LogP contribution in [0.2, 0.25) is 0 Å². The van der Waals surface area contributed by atoms with Crippen LogP contribution in [0, 0.1) is 0 Å². The highest BCUT2D eigenvalue weighted by molar-refractivity contribution is 7.99. The lowest BCUT2D eigenvalue weighted by atomic mass is 9.94. The molecule has 0 nitrogen and oxygen atoms in total.